The molecule has 2 rings (SSSR count). The Balaban J connectivity index is 2.02. The zero-order chi connectivity index (χ0) is 13.1. The van der Waals surface area contributed by atoms with E-state index in [1.165, 1.54) is 0 Å². The minimum Gasteiger partial charge on any atom is -0.329 e. The lowest BCUT2D eigenvalue weighted by molar-refractivity contribution is 0.216. The molecule has 0 bridgehead atoms. The Morgan fingerprint density at radius 1 is 1.56 bits per heavy atom. The molecule has 0 aromatic heterocycles. The van der Waals surface area contributed by atoms with Crippen LogP contribution in [-0.2, 0) is 0 Å². The molecule has 1 heterocycles. The van der Waals surface area contributed by atoms with Crippen LogP contribution < -0.4 is 11.1 Å². The van der Waals surface area contributed by atoms with E-state index in [9.17, 15) is 4.79 Å². The number of amides is 2. The van der Waals surface area contributed by atoms with Crippen LogP contribution >= 0.6 is 15.9 Å². The van der Waals surface area contributed by atoms with Gasteiger partial charge in [0.1, 0.15) is 0 Å². The quantitative estimate of drug-likeness (QED) is 0.896. The largest absolute Gasteiger partial charge is 0.329 e. The summed E-state index contributed by atoms with van der Waals surface area (Å²) in [6.45, 7) is 3.37. The molecule has 1 aromatic carbocycles. The van der Waals surface area contributed by atoms with Crippen molar-refractivity contribution < 1.29 is 4.79 Å². The molecule has 4 nitrogen and oxygen atoms in total. The van der Waals surface area contributed by atoms with Crippen LogP contribution in [0.2, 0.25) is 0 Å². The Morgan fingerprint density at radius 3 is 2.94 bits per heavy atom. The molecule has 1 aliphatic rings. The number of urea groups is 1. The second kappa shape index (κ2) is 5.71. The fraction of sp³-hybridized carbons (Fsp3) is 0.462. The molecule has 5 heteroatoms. The lowest BCUT2D eigenvalue weighted by atomic mass is 10.1. The van der Waals surface area contributed by atoms with Crippen LogP contribution in [-0.4, -0.2) is 30.1 Å². The Labute approximate surface area is 116 Å². The number of halogens is 1. The lowest BCUT2D eigenvalue weighted by Gasteiger charge is -2.16. The first-order valence-electron chi connectivity index (χ1n) is 6.13. The second-order valence-electron chi connectivity index (χ2n) is 4.74. The van der Waals surface area contributed by atoms with Gasteiger partial charge in [-0.1, -0.05) is 34.1 Å². The van der Waals surface area contributed by atoms with Gasteiger partial charge in [-0.3, -0.25) is 0 Å². The number of hydrogen-bond donors (Lipinski definition) is 2. The van der Waals surface area contributed by atoms with Gasteiger partial charge >= 0.3 is 6.03 Å². The first kappa shape index (κ1) is 13.4. The molecule has 2 unspecified atom stereocenters. The first-order valence-corrected chi connectivity index (χ1v) is 6.92. The summed E-state index contributed by atoms with van der Waals surface area (Å²) >= 11 is 3.52. The number of carbonyl (C=O) groups excluding carboxylic acids is 1. The minimum absolute atomic E-state index is 0.00333. The molecule has 1 aliphatic heterocycles. The number of carbonyl (C=O) groups is 1. The Morgan fingerprint density at radius 2 is 2.28 bits per heavy atom. The molecule has 2 atom stereocenters. The summed E-state index contributed by atoms with van der Waals surface area (Å²) in [6, 6.07) is 8.16. The van der Waals surface area contributed by atoms with E-state index in [0.717, 1.165) is 16.5 Å². The smallest absolute Gasteiger partial charge is 0.318 e. The van der Waals surface area contributed by atoms with Crippen molar-refractivity contribution in [2.24, 2.45) is 5.73 Å². The highest BCUT2D eigenvalue weighted by Gasteiger charge is 2.30. The number of nitrogens with two attached hydrogens (primary N) is 1. The zero-order valence-corrected chi connectivity index (χ0v) is 12.0. The Hall–Kier alpha value is -1.07. The van der Waals surface area contributed by atoms with Crippen LogP contribution in [0.5, 0.6) is 0 Å². The average Bonchev–Trinajstić information content (AvgIpc) is 2.68. The summed E-state index contributed by atoms with van der Waals surface area (Å²) in [5.74, 6) is 0. The van der Waals surface area contributed by atoms with Crippen LogP contribution in [0.1, 0.15) is 24.9 Å². The highest BCUT2D eigenvalue weighted by molar-refractivity contribution is 9.10. The van der Waals surface area contributed by atoms with Gasteiger partial charge in [-0.05, 0) is 25.0 Å². The van der Waals surface area contributed by atoms with Crippen molar-refractivity contribution >= 4 is 22.0 Å². The SMILES string of the molecule is CC(N)CCN1CC(c2ccccc2Br)NC1=O. The van der Waals surface area contributed by atoms with Crippen molar-refractivity contribution in [3.05, 3.63) is 34.3 Å². The highest BCUT2D eigenvalue weighted by atomic mass is 79.9. The van der Waals surface area contributed by atoms with Crippen molar-refractivity contribution in [1.82, 2.24) is 10.2 Å². The number of benzene rings is 1. The minimum atomic E-state index is -0.00333. The summed E-state index contributed by atoms with van der Waals surface area (Å²) in [7, 11) is 0. The average molecular weight is 312 g/mol. The van der Waals surface area contributed by atoms with Crippen LogP contribution in [0, 0.1) is 0 Å². The van der Waals surface area contributed by atoms with Gasteiger partial charge in [0.2, 0.25) is 0 Å². The molecule has 1 fully saturated rings. The standard InChI is InChI=1S/C13H18BrN3O/c1-9(15)6-7-17-8-12(16-13(17)18)10-4-2-3-5-11(10)14/h2-5,9,12H,6-8,15H2,1H3,(H,16,18). The molecule has 0 spiro atoms. The zero-order valence-electron chi connectivity index (χ0n) is 10.4. The van der Waals surface area contributed by atoms with E-state index in [1.807, 2.05) is 36.1 Å². The molecular weight excluding hydrogens is 294 g/mol. The Bertz CT molecular complexity index is 436. The molecule has 0 radical (unpaired) electrons. The Kier molecular flexibility index (Phi) is 4.24. The van der Waals surface area contributed by atoms with E-state index in [-0.39, 0.29) is 18.1 Å². The van der Waals surface area contributed by atoms with Gasteiger partial charge in [-0.2, -0.15) is 0 Å². The third kappa shape index (κ3) is 3.03. The van der Waals surface area contributed by atoms with Gasteiger partial charge in [0.25, 0.3) is 0 Å². The summed E-state index contributed by atoms with van der Waals surface area (Å²) in [5, 5.41) is 3.00. The second-order valence-corrected chi connectivity index (χ2v) is 5.59. The molecule has 1 saturated heterocycles. The monoisotopic (exact) mass is 311 g/mol. The van der Waals surface area contributed by atoms with Gasteiger partial charge in [-0.25, -0.2) is 4.79 Å². The third-order valence-corrected chi connectivity index (χ3v) is 3.85. The van der Waals surface area contributed by atoms with Crippen LogP contribution in [0.15, 0.2) is 28.7 Å². The van der Waals surface area contributed by atoms with E-state index in [2.05, 4.69) is 21.2 Å². The molecule has 18 heavy (non-hydrogen) atoms. The van der Waals surface area contributed by atoms with Crippen LogP contribution in [0.25, 0.3) is 0 Å². The fourth-order valence-corrected chi connectivity index (χ4v) is 2.64. The molecule has 0 aliphatic carbocycles. The van der Waals surface area contributed by atoms with Crippen molar-refractivity contribution in [2.45, 2.75) is 25.4 Å². The maximum absolute atomic E-state index is 11.8. The number of nitrogens with one attached hydrogen (secondary N) is 1. The maximum Gasteiger partial charge on any atom is 0.318 e. The van der Waals surface area contributed by atoms with E-state index < -0.39 is 0 Å². The highest BCUT2D eigenvalue weighted by Crippen LogP contribution is 2.27. The van der Waals surface area contributed by atoms with Crippen molar-refractivity contribution in [2.75, 3.05) is 13.1 Å². The molecule has 0 saturated carbocycles. The number of nitrogens with zero attached hydrogens (tertiary/aromatic N) is 1. The normalized spacial score (nSPS) is 20.9. The molecule has 3 N–H and O–H groups in total. The first-order chi connectivity index (χ1) is 8.58. The van der Waals surface area contributed by atoms with Crippen molar-refractivity contribution in [3.8, 4) is 0 Å². The molecule has 2 amide bonds. The topological polar surface area (TPSA) is 58.4 Å². The van der Waals surface area contributed by atoms with Crippen LogP contribution in [0.4, 0.5) is 4.79 Å². The summed E-state index contributed by atoms with van der Waals surface area (Å²) in [4.78, 5) is 13.7. The van der Waals surface area contributed by atoms with Gasteiger partial charge in [0.05, 0.1) is 6.04 Å². The molecule has 98 valence electrons. The summed E-state index contributed by atoms with van der Waals surface area (Å²) < 4.78 is 1.03. The summed E-state index contributed by atoms with van der Waals surface area (Å²) in [6.07, 6.45) is 0.829. The van der Waals surface area contributed by atoms with Crippen molar-refractivity contribution in [1.29, 1.82) is 0 Å². The van der Waals surface area contributed by atoms with E-state index >= 15 is 0 Å². The fourth-order valence-electron chi connectivity index (χ4n) is 2.08. The van der Waals surface area contributed by atoms with Crippen LogP contribution in [0.3, 0.4) is 0 Å². The summed E-state index contributed by atoms with van der Waals surface area (Å²) in [5.41, 5.74) is 6.84. The van der Waals surface area contributed by atoms with Gasteiger partial charge in [0, 0.05) is 23.6 Å². The van der Waals surface area contributed by atoms with Gasteiger partial charge < -0.3 is 16.0 Å². The number of rotatable bonds is 4. The molecule has 1 aromatic rings. The molecular formula is C13H18BrN3O. The van der Waals surface area contributed by atoms with E-state index in [1.54, 1.807) is 0 Å². The third-order valence-electron chi connectivity index (χ3n) is 3.12. The lowest BCUT2D eigenvalue weighted by Crippen LogP contribution is -2.32. The van der Waals surface area contributed by atoms with E-state index in [0.29, 0.717) is 13.1 Å². The number of hydrogen-bond acceptors (Lipinski definition) is 2. The van der Waals surface area contributed by atoms with E-state index in [4.69, 9.17) is 5.73 Å². The predicted octanol–water partition coefficient (Wildman–Crippen LogP) is 2.25. The van der Waals surface area contributed by atoms with Gasteiger partial charge in [-0.15, -0.1) is 0 Å². The maximum atomic E-state index is 11.8. The predicted molar refractivity (Wildman–Crippen MR) is 75.3 cm³/mol. The van der Waals surface area contributed by atoms with Crippen molar-refractivity contribution in [3.63, 3.8) is 0 Å². The van der Waals surface area contributed by atoms with Gasteiger partial charge in [0.15, 0.2) is 0 Å².